The van der Waals surface area contributed by atoms with Gasteiger partial charge in [0.25, 0.3) is 0 Å². The first-order valence-corrected chi connectivity index (χ1v) is 7.70. The minimum atomic E-state index is 0.199. The lowest BCUT2D eigenvalue weighted by Gasteiger charge is -2.19. The standard InChI is InChI=1S/C16H22N2S/c1-5-14-12(4)19-16(18-14)15(17-11(2)3)13-9-7-6-8-10-13/h6-11,15,17H,5H2,1-4H3. The van der Waals surface area contributed by atoms with Crippen LogP contribution < -0.4 is 5.32 Å². The molecule has 2 aromatic rings. The highest BCUT2D eigenvalue weighted by atomic mass is 32.1. The molecular weight excluding hydrogens is 252 g/mol. The Morgan fingerprint density at radius 1 is 1.21 bits per heavy atom. The van der Waals surface area contributed by atoms with E-state index in [-0.39, 0.29) is 6.04 Å². The minimum Gasteiger partial charge on any atom is -0.302 e. The summed E-state index contributed by atoms with van der Waals surface area (Å²) in [7, 11) is 0. The van der Waals surface area contributed by atoms with E-state index in [2.05, 4.69) is 63.3 Å². The molecule has 0 aliphatic carbocycles. The van der Waals surface area contributed by atoms with Gasteiger partial charge < -0.3 is 5.32 Å². The van der Waals surface area contributed by atoms with E-state index in [9.17, 15) is 0 Å². The Bertz CT molecular complexity index is 517. The van der Waals surface area contributed by atoms with Crippen LogP contribution in [0.1, 0.15) is 48.0 Å². The first-order valence-electron chi connectivity index (χ1n) is 6.89. The molecule has 19 heavy (non-hydrogen) atoms. The Kier molecular flexibility index (Phi) is 4.72. The highest BCUT2D eigenvalue weighted by Crippen LogP contribution is 2.28. The maximum absolute atomic E-state index is 4.81. The van der Waals surface area contributed by atoms with E-state index in [0.717, 1.165) is 6.42 Å². The van der Waals surface area contributed by atoms with Gasteiger partial charge in [0, 0.05) is 10.9 Å². The molecule has 102 valence electrons. The van der Waals surface area contributed by atoms with Crippen molar-refractivity contribution in [1.82, 2.24) is 10.3 Å². The van der Waals surface area contributed by atoms with Crippen molar-refractivity contribution in [2.45, 2.75) is 46.2 Å². The summed E-state index contributed by atoms with van der Waals surface area (Å²) in [6, 6.07) is 11.2. The Hall–Kier alpha value is -1.19. The number of nitrogens with one attached hydrogen (secondary N) is 1. The van der Waals surface area contributed by atoms with Crippen molar-refractivity contribution in [1.29, 1.82) is 0 Å². The number of nitrogens with zero attached hydrogens (tertiary/aromatic N) is 1. The fraction of sp³-hybridized carbons (Fsp3) is 0.438. The Balaban J connectivity index is 2.37. The van der Waals surface area contributed by atoms with Crippen molar-refractivity contribution in [2.75, 3.05) is 0 Å². The summed E-state index contributed by atoms with van der Waals surface area (Å²) in [4.78, 5) is 6.15. The van der Waals surface area contributed by atoms with Crippen molar-refractivity contribution < 1.29 is 0 Å². The van der Waals surface area contributed by atoms with Crippen LogP contribution in [0.3, 0.4) is 0 Å². The van der Waals surface area contributed by atoms with Crippen LogP contribution in [0.5, 0.6) is 0 Å². The van der Waals surface area contributed by atoms with Gasteiger partial charge in [-0.25, -0.2) is 4.98 Å². The van der Waals surface area contributed by atoms with Gasteiger partial charge in [0.1, 0.15) is 5.01 Å². The van der Waals surface area contributed by atoms with Gasteiger partial charge in [-0.05, 0) is 32.8 Å². The summed E-state index contributed by atoms with van der Waals surface area (Å²) in [6.07, 6.45) is 1.01. The highest BCUT2D eigenvalue weighted by molar-refractivity contribution is 7.11. The molecule has 0 bridgehead atoms. The summed E-state index contributed by atoms with van der Waals surface area (Å²) in [5, 5.41) is 4.80. The molecular formula is C16H22N2S. The van der Waals surface area contributed by atoms with Crippen molar-refractivity contribution in [3.8, 4) is 0 Å². The molecule has 2 nitrogen and oxygen atoms in total. The van der Waals surface area contributed by atoms with E-state index >= 15 is 0 Å². The smallest absolute Gasteiger partial charge is 0.115 e. The fourth-order valence-corrected chi connectivity index (χ4v) is 3.29. The van der Waals surface area contributed by atoms with Crippen LogP contribution in [0.15, 0.2) is 30.3 Å². The van der Waals surface area contributed by atoms with E-state index in [1.807, 2.05) is 11.3 Å². The molecule has 1 aromatic carbocycles. The number of hydrogen-bond acceptors (Lipinski definition) is 3. The molecule has 1 heterocycles. The van der Waals surface area contributed by atoms with Gasteiger partial charge in [-0.1, -0.05) is 37.3 Å². The summed E-state index contributed by atoms with van der Waals surface area (Å²) in [6.45, 7) is 8.69. The second kappa shape index (κ2) is 6.31. The van der Waals surface area contributed by atoms with Gasteiger partial charge in [-0.3, -0.25) is 0 Å². The highest BCUT2D eigenvalue weighted by Gasteiger charge is 2.19. The fourth-order valence-electron chi connectivity index (χ4n) is 2.19. The first kappa shape index (κ1) is 14.2. The number of rotatable bonds is 5. The summed E-state index contributed by atoms with van der Waals surface area (Å²) in [5.74, 6) is 0. The van der Waals surface area contributed by atoms with Crippen molar-refractivity contribution in [3.05, 3.63) is 51.5 Å². The molecule has 1 N–H and O–H groups in total. The molecule has 0 amide bonds. The maximum Gasteiger partial charge on any atom is 0.115 e. The lowest BCUT2D eigenvalue weighted by molar-refractivity contribution is 0.526. The molecule has 1 atom stereocenters. The molecule has 0 saturated heterocycles. The van der Waals surface area contributed by atoms with Crippen LogP contribution in [-0.4, -0.2) is 11.0 Å². The molecule has 0 fully saturated rings. The predicted octanol–water partition coefficient (Wildman–Crippen LogP) is 4.10. The third-order valence-corrected chi connectivity index (χ3v) is 4.20. The van der Waals surface area contributed by atoms with Crippen LogP contribution >= 0.6 is 11.3 Å². The van der Waals surface area contributed by atoms with Crippen molar-refractivity contribution >= 4 is 11.3 Å². The maximum atomic E-state index is 4.81. The van der Waals surface area contributed by atoms with E-state index < -0.39 is 0 Å². The summed E-state index contributed by atoms with van der Waals surface area (Å²) < 4.78 is 0. The van der Waals surface area contributed by atoms with E-state index in [4.69, 9.17) is 4.98 Å². The monoisotopic (exact) mass is 274 g/mol. The Morgan fingerprint density at radius 2 is 1.89 bits per heavy atom. The topological polar surface area (TPSA) is 24.9 Å². The van der Waals surface area contributed by atoms with E-state index in [1.165, 1.54) is 21.1 Å². The van der Waals surface area contributed by atoms with Gasteiger partial charge in [-0.15, -0.1) is 11.3 Å². The molecule has 1 aromatic heterocycles. The molecule has 2 rings (SSSR count). The largest absolute Gasteiger partial charge is 0.302 e. The van der Waals surface area contributed by atoms with Crippen LogP contribution in [0, 0.1) is 6.92 Å². The predicted molar refractivity (Wildman–Crippen MR) is 82.8 cm³/mol. The molecule has 3 heteroatoms. The summed E-state index contributed by atoms with van der Waals surface area (Å²) >= 11 is 1.81. The Labute approximate surface area is 119 Å². The van der Waals surface area contributed by atoms with Gasteiger partial charge in [0.15, 0.2) is 0 Å². The van der Waals surface area contributed by atoms with Crippen molar-refractivity contribution in [3.63, 3.8) is 0 Å². The van der Waals surface area contributed by atoms with Gasteiger partial charge in [0.05, 0.1) is 11.7 Å². The molecule has 0 saturated carbocycles. The SMILES string of the molecule is CCc1nc(C(NC(C)C)c2ccccc2)sc1C. The van der Waals surface area contributed by atoms with Gasteiger partial charge in [-0.2, -0.15) is 0 Å². The number of thiazole rings is 1. The minimum absolute atomic E-state index is 0.199. The van der Waals surface area contributed by atoms with Crippen LogP contribution in [0.2, 0.25) is 0 Å². The van der Waals surface area contributed by atoms with Crippen LogP contribution in [0.25, 0.3) is 0 Å². The van der Waals surface area contributed by atoms with Crippen LogP contribution in [-0.2, 0) is 6.42 Å². The second-order valence-electron chi connectivity index (χ2n) is 5.07. The zero-order chi connectivity index (χ0) is 13.8. The molecule has 0 aliphatic heterocycles. The van der Waals surface area contributed by atoms with Crippen molar-refractivity contribution in [2.24, 2.45) is 0 Å². The zero-order valence-corrected chi connectivity index (χ0v) is 12.9. The van der Waals surface area contributed by atoms with Gasteiger partial charge in [0.2, 0.25) is 0 Å². The lowest BCUT2D eigenvalue weighted by Crippen LogP contribution is -2.28. The normalized spacial score (nSPS) is 12.9. The zero-order valence-electron chi connectivity index (χ0n) is 12.1. The van der Waals surface area contributed by atoms with E-state index in [1.54, 1.807) is 0 Å². The number of hydrogen-bond donors (Lipinski definition) is 1. The lowest BCUT2D eigenvalue weighted by atomic mass is 10.1. The average molecular weight is 274 g/mol. The number of benzene rings is 1. The van der Waals surface area contributed by atoms with Gasteiger partial charge >= 0.3 is 0 Å². The molecule has 0 spiro atoms. The number of aryl methyl sites for hydroxylation is 2. The Morgan fingerprint density at radius 3 is 2.42 bits per heavy atom. The quantitative estimate of drug-likeness (QED) is 0.888. The average Bonchev–Trinajstić information content (AvgIpc) is 2.78. The van der Waals surface area contributed by atoms with E-state index in [0.29, 0.717) is 6.04 Å². The third-order valence-electron chi connectivity index (χ3n) is 3.12. The molecule has 0 radical (unpaired) electrons. The third kappa shape index (κ3) is 3.43. The summed E-state index contributed by atoms with van der Waals surface area (Å²) in [5.41, 5.74) is 2.51. The second-order valence-corrected chi connectivity index (χ2v) is 6.31. The molecule has 0 aliphatic rings. The number of aromatic nitrogens is 1. The molecule has 1 unspecified atom stereocenters. The van der Waals surface area contributed by atoms with Crippen LogP contribution in [0.4, 0.5) is 0 Å². The first-order chi connectivity index (χ1) is 9.11.